The van der Waals surface area contributed by atoms with Gasteiger partial charge in [0.1, 0.15) is 0 Å². The fourth-order valence-electron chi connectivity index (χ4n) is 1.86. The van der Waals surface area contributed by atoms with Gasteiger partial charge in [-0.25, -0.2) is 19.2 Å². The molecule has 2 aromatic carbocycles. The smallest absolute Gasteiger partial charge is 0.378 e. The molecular weight excluding hydrogens is 336 g/mol. The molecule has 2 N–H and O–H groups in total. The monoisotopic (exact) mass is 346 g/mol. The van der Waals surface area contributed by atoms with Gasteiger partial charge >= 0.3 is 23.9 Å². The molecule has 2 rings (SSSR count). The van der Waals surface area contributed by atoms with E-state index in [1.54, 1.807) is 0 Å². The number of hydrogen-bond acceptors (Lipinski definition) is 7. The SMILES string of the molecule is O=C(O)c1ccccc1C(=O)OOOC(=O)c1ccccc1C(=O)O. The van der Waals surface area contributed by atoms with Crippen molar-refractivity contribution in [1.29, 1.82) is 0 Å². The number of benzene rings is 2. The lowest BCUT2D eigenvalue weighted by Crippen LogP contribution is -2.15. The quantitative estimate of drug-likeness (QED) is 0.593. The van der Waals surface area contributed by atoms with Gasteiger partial charge in [-0.1, -0.05) is 24.3 Å². The van der Waals surface area contributed by atoms with Crippen LogP contribution in [-0.4, -0.2) is 34.1 Å². The number of carboxylic acid groups (broad SMARTS) is 2. The molecule has 2 aromatic rings. The summed E-state index contributed by atoms with van der Waals surface area (Å²) in [5, 5.41) is 22.0. The molecule has 0 spiro atoms. The fraction of sp³-hybridized carbons (Fsp3) is 0. The van der Waals surface area contributed by atoms with E-state index in [1.165, 1.54) is 48.5 Å². The first kappa shape index (κ1) is 17.6. The summed E-state index contributed by atoms with van der Waals surface area (Å²) in [5.74, 6) is -5.14. The summed E-state index contributed by atoms with van der Waals surface area (Å²) >= 11 is 0. The van der Waals surface area contributed by atoms with Crippen LogP contribution in [0.15, 0.2) is 48.5 Å². The van der Waals surface area contributed by atoms with E-state index in [-0.39, 0.29) is 22.3 Å². The van der Waals surface area contributed by atoms with Gasteiger partial charge in [-0.3, -0.25) is 9.78 Å². The third-order valence-electron chi connectivity index (χ3n) is 2.97. The van der Waals surface area contributed by atoms with Crippen LogP contribution in [0.5, 0.6) is 0 Å². The van der Waals surface area contributed by atoms with Crippen LogP contribution in [0.4, 0.5) is 0 Å². The van der Waals surface area contributed by atoms with E-state index < -0.39 is 23.9 Å². The topological polar surface area (TPSA) is 136 Å². The highest BCUT2D eigenvalue weighted by Crippen LogP contribution is 2.13. The van der Waals surface area contributed by atoms with Gasteiger partial charge in [0.05, 0.1) is 22.3 Å². The lowest BCUT2D eigenvalue weighted by Gasteiger charge is -2.06. The zero-order valence-corrected chi connectivity index (χ0v) is 12.4. The van der Waals surface area contributed by atoms with Crippen LogP contribution in [0.2, 0.25) is 0 Å². The van der Waals surface area contributed by atoms with Crippen LogP contribution in [-0.2, 0) is 14.8 Å². The van der Waals surface area contributed by atoms with Gasteiger partial charge in [0.25, 0.3) is 0 Å². The van der Waals surface area contributed by atoms with E-state index in [0.717, 1.165) is 0 Å². The maximum atomic E-state index is 11.8. The molecule has 9 nitrogen and oxygen atoms in total. The molecule has 0 aliphatic rings. The molecule has 0 fully saturated rings. The van der Waals surface area contributed by atoms with Crippen molar-refractivity contribution in [1.82, 2.24) is 0 Å². The molecule has 0 amide bonds. The molecule has 9 heteroatoms. The Morgan fingerprint density at radius 1 is 0.600 bits per heavy atom. The third kappa shape index (κ3) is 4.18. The molecule has 0 radical (unpaired) electrons. The highest BCUT2D eigenvalue weighted by Gasteiger charge is 2.21. The minimum atomic E-state index is -1.36. The Labute approximate surface area is 139 Å². The van der Waals surface area contributed by atoms with Gasteiger partial charge in [-0.15, -0.1) is 0 Å². The predicted molar refractivity (Wildman–Crippen MR) is 78.7 cm³/mol. The minimum Gasteiger partial charge on any atom is -0.478 e. The van der Waals surface area contributed by atoms with Crippen molar-refractivity contribution in [3.63, 3.8) is 0 Å². The number of aromatic carboxylic acids is 2. The van der Waals surface area contributed by atoms with Gasteiger partial charge in [-0.05, 0) is 24.3 Å². The molecule has 0 aliphatic carbocycles. The molecule has 0 unspecified atom stereocenters. The van der Waals surface area contributed by atoms with Crippen molar-refractivity contribution < 1.29 is 44.2 Å². The summed E-state index contributed by atoms with van der Waals surface area (Å²) < 4.78 is 0. The highest BCUT2D eigenvalue weighted by atomic mass is 17.5. The van der Waals surface area contributed by atoms with E-state index >= 15 is 0 Å². The lowest BCUT2D eigenvalue weighted by molar-refractivity contribution is -0.446. The molecular formula is C16H10O9. The van der Waals surface area contributed by atoms with Crippen LogP contribution in [0.25, 0.3) is 0 Å². The van der Waals surface area contributed by atoms with Gasteiger partial charge in [0, 0.05) is 5.04 Å². The standard InChI is InChI=1S/C16H10O9/c17-13(18)9-5-1-3-7-11(9)15(21)23-25-24-16(22)12-8-4-2-6-10(12)14(19)20/h1-8H,(H,17,18)(H,19,20). The number of carboxylic acids is 2. The molecule has 0 aromatic heterocycles. The Bertz CT molecular complexity index is 772. The second-order valence-corrected chi connectivity index (χ2v) is 4.51. The van der Waals surface area contributed by atoms with Crippen molar-refractivity contribution >= 4 is 23.9 Å². The maximum Gasteiger partial charge on any atom is 0.378 e. The second-order valence-electron chi connectivity index (χ2n) is 4.51. The van der Waals surface area contributed by atoms with Crippen molar-refractivity contribution in [3.05, 3.63) is 70.8 Å². The summed E-state index contributed by atoms with van der Waals surface area (Å²) in [6, 6.07) is 10.3. The number of hydrogen-bond donors (Lipinski definition) is 2. The maximum absolute atomic E-state index is 11.8. The Morgan fingerprint density at radius 2 is 0.920 bits per heavy atom. The zero-order valence-electron chi connectivity index (χ0n) is 12.4. The number of carbonyl (C=O) groups is 4. The summed E-state index contributed by atoms with van der Waals surface area (Å²) in [6.45, 7) is 0. The Balaban J connectivity index is 2.02. The molecule has 0 bridgehead atoms. The van der Waals surface area contributed by atoms with Crippen LogP contribution < -0.4 is 0 Å². The van der Waals surface area contributed by atoms with Crippen molar-refractivity contribution in [2.24, 2.45) is 0 Å². The van der Waals surface area contributed by atoms with Crippen LogP contribution >= 0.6 is 0 Å². The largest absolute Gasteiger partial charge is 0.478 e. The van der Waals surface area contributed by atoms with Crippen LogP contribution in [0, 0.1) is 0 Å². The third-order valence-corrected chi connectivity index (χ3v) is 2.97. The molecule has 0 aliphatic heterocycles. The molecule has 0 heterocycles. The highest BCUT2D eigenvalue weighted by molar-refractivity contribution is 6.03. The number of rotatable bonds is 6. The van der Waals surface area contributed by atoms with Crippen molar-refractivity contribution in [2.75, 3.05) is 0 Å². The molecule has 0 saturated carbocycles. The van der Waals surface area contributed by atoms with E-state index in [9.17, 15) is 19.2 Å². The zero-order chi connectivity index (χ0) is 18.4. The minimum absolute atomic E-state index is 0.322. The normalized spacial score (nSPS) is 9.92. The average Bonchev–Trinajstić information content (AvgIpc) is 2.61. The average molecular weight is 346 g/mol. The van der Waals surface area contributed by atoms with E-state index in [4.69, 9.17) is 10.2 Å². The van der Waals surface area contributed by atoms with E-state index in [1.807, 2.05) is 0 Å². The molecule has 25 heavy (non-hydrogen) atoms. The summed E-state index contributed by atoms with van der Waals surface area (Å²) in [4.78, 5) is 54.0. The first-order chi connectivity index (χ1) is 11.9. The van der Waals surface area contributed by atoms with Gasteiger partial charge in [0.15, 0.2) is 0 Å². The Morgan fingerprint density at radius 3 is 1.24 bits per heavy atom. The lowest BCUT2D eigenvalue weighted by atomic mass is 10.1. The van der Waals surface area contributed by atoms with Gasteiger partial charge < -0.3 is 10.2 Å². The predicted octanol–water partition coefficient (Wildman–Crippen LogP) is 1.94. The first-order valence-electron chi connectivity index (χ1n) is 6.66. The van der Waals surface area contributed by atoms with E-state index in [2.05, 4.69) is 14.8 Å². The van der Waals surface area contributed by atoms with Gasteiger partial charge in [-0.2, -0.15) is 0 Å². The second kappa shape index (κ2) is 7.70. The fourth-order valence-corrected chi connectivity index (χ4v) is 1.86. The molecule has 0 atom stereocenters. The van der Waals surface area contributed by atoms with Crippen molar-refractivity contribution in [3.8, 4) is 0 Å². The van der Waals surface area contributed by atoms with Crippen LogP contribution in [0.1, 0.15) is 41.4 Å². The Hall–Kier alpha value is -3.72. The Kier molecular flexibility index (Phi) is 5.43. The molecule has 128 valence electrons. The summed E-state index contributed by atoms with van der Waals surface area (Å²) in [5.41, 5.74) is -1.31. The van der Waals surface area contributed by atoms with Crippen LogP contribution in [0.3, 0.4) is 0 Å². The van der Waals surface area contributed by atoms with Gasteiger partial charge in [0.2, 0.25) is 0 Å². The van der Waals surface area contributed by atoms with E-state index in [0.29, 0.717) is 0 Å². The number of carbonyl (C=O) groups excluding carboxylic acids is 2. The molecule has 0 saturated heterocycles. The summed E-state index contributed by atoms with van der Waals surface area (Å²) in [7, 11) is 0. The first-order valence-corrected chi connectivity index (χ1v) is 6.66. The van der Waals surface area contributed by atoms with Crippen molar-refractivity contribution in [2.45, 2.75) is 0 Å². The summed E-state index contributed by atoms with van der Waals surface area (Å²) in [6.07, 6.45) is 0.